The standard InChI is InChI=1S/C18H21NO6S2/c1-2-13-6-8-16(9-7-13)27(24,25)19(14-4-3-5-15(20)10-14)17-11-26(22,23)12-18(17)21/h3-10,17-18,20-21H,2,11-12H2,1H3/t17-,18+/m0/s1. The van der Waals surface area contributed by atoms with Gasteiger partial charge in [0, 0.05) is 6.07 Å². The molecule has 27 heavy (non-hydrogen) atoms. The minimum atomic E-state index is -4.16. The summed E-state index contributed by atoms with van der Waals surface area (Å²) in [5, 5.41) is 20.0. The third-order valence-corrected chi connectivity index (χ3v) is 8.13. The molecule has 0 amide bonds. The van der Waals surface area contributed by atoms with Gasteiger partial charge in [-0.1, -0.05) is 25.1 Å². The van der Waals surface area contributed by atoms with Gasteiger partial charge in [-0.2, -0.15) is 0 Å². The molecule has 2 atom stereocenters. The van der Waals surface area contributed by atoms with Gasteiger partial charge in [-0.15, -0.1) is 0 Å². The Labute approximate surface area is 158 Å². The van der Waals surface area contributed by atoms with Gasteiger partial charge in [0.2, 0.25) is 0 Å². The lowest BCUT2D eigenvalue weighted by atomic mass is 10.2. The van der Waals surface area contributed by atoms with Crippen LogP contribution in [-0.4, -0.2) is 50.7 Å². The van der Waals surface area contributed by atoms with Crippen LogP contribution in [0.4, 0.5) is 5.69 Å². The lowest BCUT2D eigenvalue weighted by Crippen LogP contribution is -2.47. The zero-order valence-corrected chi connectivity index (χ0v) is 16.3. The summed E-state index contributed by atoms with van der Waals surface area (Å²) >= 11 is 0. The summed E-state index contributed by atoms with van der Waals surface area (Å²) in [6.07, 6.45) is -0.613. The van der Waals surface area contributed by atoms with E-state index in [0.717, 1.165) is 16.3 Å². The van der Waals surface area contributed by atoms with E-state index in [1.54, 1.807) is 12.1 Å². The van der Waals surface area contributed by atoms with Crippen molar-refractivity contribution < 1.29 is 27.0 Å². The number of phenols is 1. The molecule has 0 saturated carbocycles. The van der Waals surface area contributed by atoms with Crippen LogP contribution in [0.2, 0.25) is 0 Å². The number of phenolic OH excluding ortho intramolecular Hbond substituents is 1. The van der Waals surface area contributed by atoms with Crippen LogP contribution in [0, 0.1) is 0 Å². The summed E-state index contributed by atoms with van der Waals surface area (Å²) in [5.74, 6) is -1.16. The largest absolute Gasteiger partial charge is 0.508 e. The molecule has 0 aromatic heterocycles. The van der Waals surface area contributed by atoms with Gasteiger partial charge < -0.3 is 10.2 Å². The number of rotatable bonds is 5. The number of hydrogen-bond acceptors (Lipinski definition) is 6. The van der Waals surface area contributed by atoms with E-state index in [2.05, 4.69) is 0 Å². The number of anilines is 1. The Morgan fingerprint density at radius 2 is 1.78 bits per heavy atom. The van der Waals surface area contributed by atoms with Crippen LogP contribution >= 0.6 is 0 Å². The van der Waals surface area contributed by atoms with Crippen LogP contribution in [0.15, 0.2) is 53.4 Å². The average Bonchev–Trinajstić information content (AvgIpc) is 2.87. The highest BCUT2D eigenvalue weighted by molar-refractivity contribution is 7.93. The molecule has 1 saturated heterocycles. The van der Waals surface area contributed by atoms with E-state index in [9.17, 15) is 27.0 Å². The van der Waals surface area contributed by atoms with Crippen LogP contribution in [0.25, 0.3) is 0 Å². The summed E-state index contributed by atoms with van der Waals surface area (Å²) < 4.78 is 51.5. The summed E-state index contributed by atoms with van der Waals surface area (Å²) in [6, 6.07) is 10.7. The van der Waals surface area contributed by atoms with Crippen LogP contribution in [0.3, 0.4) is 0 Å². The van der Waals surface area contributed by atoms with Gasteiger partial charge in [-0.3, -0.25) is 4.31 Å². The molecule has 2 N–H and O–H groups in total. The molecule has 1 aliphatic rings. The number of aryl methyl sites for hydroxylation is 1. The maximum atomic E-state index is 13.3. The van der Waals surface area contributed by atoms with E-state index in [0.29, 0.717) is 0 Å². The van der Waals surface area contributed by atoms with Crippen LogP contribution in [0.5, 0.6) is 5.75 Å². The summed E-state index contributed by atoms with van der Waals surface area (Å²) in [6.45, 7) is 1.95. The number of aromatic hydroxyl groups is 1. The number of sulfonamides is 1. The lowest BCUT2D eigenvalue weighted by Gasteiger charge is -2.31. The summed E-state index contributed by atoms with van der Waals surface area (Å²) in [4.78, 5) is -0.0143. The van der Waals surface area contributed by atoms with Crippen LogP contribution in [0.1, 0.15) is 12.5 Å². The van der Waals surface area contributed by atoms with Crippen molar-refractivity contribution in [3.63, 3.8) is 0 Å². The van der Waals surface area contributed by atoms with Crippen molar-refractivity contribution in [2.75, 3.05) is 15.8 Å². The Bertz CT molecular complexity index is 1030. The molecule has 7 nitrogen and oxygen atoms in total. The minimum Gasteiger partial charge on any atom is -0.508 e. The molecule has 0 spiro atoms. The Morgan fingerprint density at radius 1 is 1.11 bits per heavy atom. The quantitative estimate of drug-likeness (QED) is 0.767. The first kappa shape index (κ1) is 19.7. The fourth-order valence-corrected chi connectivity index (χ4v) is 6.72. The predicted molar refractivity (Wildman–Crippen MR) is 102 cm³/mol. The second kappa shape index (κ2) is 7.14. The highest BCUT2D eigenvalue weighted by Gasteiger charge is 2.45. The summed E-state index contributed by atoms with van der Waals surface area (Å²) in [5.41, 5.74) is 1.05. The molecule has 146 valence electrons. The van der Waals surface area contributed by atoms with Gasteiger partial charge in [0.25, 0.3) is 10.0 Å². The monoisotopic (exact) mass is 411 g/mol. The third-order valence-electron chi connectivity index (χ3n) is 4.57. The molecule has 0 unspecified atom stereocenters. The van der Waals surface area contributed by atoms with E-state index in [1.807, 2.05) is 6.92 Å². The van der Waals surface area contributed by atoms with Crippen molar-refractivity contribution in [2.45, 2.75) is 30.4 Å². The number of sulfone groups is 1. The predicted octanol–water partition coefficient (Wildman–Crippen LogP) is 1.31. The maximum Gasteiger partial charge on any atom is 0.264 e. The number of hydrogen-bond donors (Lipinski definition) is 2. The number of benzene rings is 2. The van der Waals surface area contributed by atoms with Gasteiger partial charge in [0.15, 0.2) is 9.84 Å². The van der Waals surface area contributed by atoms with Crippen molar-refractivity contribution in [1.82, 2.24) is 0 Å². The third kappa shape index (κ3) is 3.95. The normalized spacial score (nSPS) is 21.9. The van der Waals surface area contributed by atoms with Gasteiger partial charge in [0.05, 0.1) is 34.2 Å². The van der Waals surface area contributed by atoms with E-state index in [4.69, 9.17) is 0 Å². The average molecular weight is 412 g/mol. The zero-order chi connectivity index (χ0) is 19.8. The number of nitrogens with zero attached hydrogens (tertiary/aromatic N) is 1. The summed E-state index contributed by atoms with van der Waals surface area (Å²) in [7, 11) is -7.74. The van der Waals surface area contributed by atoms with Gasteiger partial charge in [-0.05, 0) is 36.2 Å². The fourth-order valence-electron chi connectivity index (χ4n) is 3.18. The molecule has 0 radical (unpaired) electrons. The number of aliphatic hydroxyl groups excluding tert-OH is 1. The van der Waals surface area contributed by atoms with E-state index in [-0.39, 0.29) is 16.3 Å². The molecule has 1 fully saturated rings. The molecule has 0 aliphatic carbocycles. The van der Waals surface area contributed by atoms with Gasteiger partial charge in [-0.25, -0.2) is 16.8 Å². The molecular formula is C18H21NO6S2. The van der Waals surface area contributed by atoms with Gasteiger partial charge in [0.1, 0.15) is 5.75 Å². The first-order valence-electron chi connectivity index (χ1n) is 8.45. The van der Waals surface area contributed by atoms with E-state index in [1.165, 1.54) is 36.4 Å². The van der Waals surface area contributed by atoms with Crippen molar-refractivity contribution in [1.29, 1.82) is 0 Å². The Kier molecular flexibility index (Phi) is 5.20. The fraction of sp³-hybridized carbons (Fsp3) is 0.333. The molecule has 2 aromatic carbocycles. The van der Waals surface area contributed by atoms with E-state index < -0.39 is 43.5 Å². The van der Waals surface area contributed by atoms with Crippen molar-refractivity contribution in [2.24, 2.45) is 0 Å². The van der Waals surface area contributed by atoms with Crippen molar-refractivity contribution >= 4 is 25.5 Å². The van der Waals surface area contributed by atoms with Gasteiger partial charge >= 0.3 is 0 Å². The van der Waals surface area contributed by atoms with Crippen molar-refractivity contribution in [3.8, 4) is 5.75 Å². The Balaban J connectivity index is 2.14. The molecular weight excluding hydrogens is 390 g/mol. The highest BCUT2D eigenvalue weighted by Crippen LogP contribution is 2.32. The first-order chi connectivity index (χ1) is 12.6. The zero-order valence-electron chi connectivity index (χ0n) is 14.7. The molecule has 2 aromatic rings. The Hall–Kier alpha value is -2.10. The molecule has 9 heteroatoms. The SMILES string of the molecule is CCc1ccc(S(=O)(=O)N(c2cccc(O)c2)[C@H]2CS(=O)(=O)C[C@H]2O)cc1. The molecule has 3 rings (SSSR count). The van der Waals surface area contributed by atoms with Crippen molar-refractivity contribution in [3.05, 3.63) is 54.1 Å². The Morgan fingerprint density at radius 3 is 2.30 bits per heavy atom. The lowest BCUT2D eigenvalue weighted by molar-refractivity contribution is 0.184. The minimum absolute atomic E-state index is 0.0143. The van der Waals surface area contributed by atoms with Crippen LogP contribution < -0.4 is 4.31 Å². The molecule has 1 aliphatic heterocycles. The topological polar surface area (TPSA) is 112 Å². The molecule has 0 bridgehead atoms. The highest BCUT2D eigenvalue weighted by atomic mass is 32.2. The maximum absolute atomic E-state index is 13.3. The van der Waals surface area contributed by atoms with Crippen LogP contribution in [-0.2, 0) is 26.3 Å². The van der Waals surface area contributed by atoms with E-state index >= 15 is 0 Å². The second-order valence-corrected chi connectivity index (χ2v) is 10.5. The number of aliphatic hydroxyl groups is 1. The first-order valence-corrected chi connectivity index (χ1v) is 11.7. The second-order valence-electron chi connectivity index (χ2n) is 6.53. The smallest absolute Gasteiger partial charge is 0.264 e. The molecule has 1 heterocycles.